The predicted molar refractivity (Wildman–Crippen MR) is 138 cm³/mol. The highest BCUT2D eigenvalue weighted by Crippen LogP contribution is 2.42. The van der Waals surface area contributed by atoms with Crippen molar-refractivity contribution in [3.8, 4) is 11.6 Å². The maximum absolute atomic E-state index is 6.64. The third-order valence-electron chi connectivity index (χ3n) is 7.08. The Morgan fingerprint density at radius 1 is 1.03 bits per heavy atom. The second-order valence-electron chi connectivity index (χ2n) is 9.95. The summed E-state index contributed by atoms with van der Waals surface area (Å²) in [6.07, 6.45) is 9.11. The van der Waals surface area contributed by atoms with Gasteiger partial charge >= 0.3 is 0 Å². The zero-order chi connectivity index (χ0) is 24.1. The SMILES string of the molecule is Clc1cc(C2CC2)ccc1C[C@@H]1CONC(c2cc3cncn3nc2Oc2cccc(C3CC3)c2)=N1. The molecule has 0 amide bonds. The van der Waals surface area contributed by atoms with Crippen LogP contribution in [-0.4, -0.2) is 33.1 Å². The van der Waals surface area contributed by atoms with Gasteiger partial charge in [-0.1, -0.05) is 35.9 Å². The second-order valence-corrected chi connectivity index (χ2v) is 10.4. The Kier molecular flexibility index (Phi) is 5.40. The molecular weight excluding hydrogens is 474 g/mol. The third-order valence-corrected chi connectivity index (χ3v) is 7.43. The number of aliphatic imine (C=N–C) groups is 1. The zero-order valence-corrected chi connectivity index (χ0v) is 20.5. The van der Waals surface area contributed by atoms with E-state index in [0.29, 0.717) is 36.6 Å². The van der Waals surface area contributed by atoms with Crippen molar-refractivity contribution >= 4 is 23.0 Å². The molecule has 1 aliphatic heterocycles. The van der Waals surface area contributed by atoms with Crippen LogP contribution >= 0.6 is 11.6 Å². The molecule has 0 spiro atoms. The van der Waals surface area contributed by atoms with Crippen molar-refractivity contribution in [2.24, 2.45) is 4.99 Å². The summed E-state index contributed by atoms with van der Waals surface area (Å²) < 4.78 is 8.02. The van der Waals surface area contributed by atoms with E-state index in [1.165, 1.54) is 36.8 Å². The first-order valence-corrected chi connectivity index (χ1v) is 12.9. The summed E-state index contributed by atoms with van der Waals surface area (Å²) in [4.78, 5) is 15.0. The van der Waals surface area contributed by atoms with E-state index in [1.54, 1.807) is 17.0 Å². The predicted octanol–water partition coefficient (Wildman–Crippen LogP) is 5.82. The number of halogens is 1. The summed E-state index contributed by atoms with van der Waals surface area (Å²) in [6.45, 7) is 0.451. The summed E-state index contributed by atoms with van der Waals surface area (Å²) in [7, 11) is 0. The van der Waals surface area contributed by atoms with Crippen molar-refractivity contribution in [1.29, 1.82) is 0 Å². The van der Waals surface area contributed by atoms with Gasteiger partial charge in [-0.15, -0.1) is 5.10 Å². The standard InChI is InChI=1S/C28H26ClN5O2/c29-26-12-20(18-6-7-18)8-9-21(26)10-22-15-35-33-27(31-22)25-13-23-14-30-16-34(23)32-28(25)36-24-3-1-2-19(11-24)17-4-5-17/h1-3,8-9,11-14,16-18,22H,4-7,10,15H2,(H,31,33)/t22-/m1/s1. The summed E-state index contributed by atoms with van der Waals surface area (Å²) >= 11 is 6.64. The minimum absolute atomic E-state index is 0.0855. The molecule has 0 bridgehead atoms. The maximum Gasteiger partial charge on any atom is 0.248 e. The molecule has 1 N–H and O–H groups in total. The minimum atomic E-state index is -0.0855. The van der Waals surface area contributed by atoms with E-state index in [4.69, 9.17) is 26.2 Å². The smallest absolute Gasteiger partial charge is 0.248 e. The molecule has 8 heteroatoms. The van der Waals surface area contributed by atoms with E-state index >= 15 is 0 Å². The van der Waals surface area contributed by atoms with Gasteiger partial charge in [-0.2, -0.15) is 0 Å². The van der Waals surface area contributed by atoms with Gasteiger partial charge in [0.25, 0.3) is 0 Å². The molecular formula is C28H26ClN5O2. The van der Waals surface area contributed by atoms with Crippen molar-refractivity contribution < 1.29 is 9.57 Å². The number of imidazole rings is 1. The molecule has 3 heterocycles. The summed E-state index contributed by atoms with van der Waals surface area (Å²) in [6, 6.07) is 16.6. The second kappa shape index (κ2) is 8.91. The van der Waals surface area contributed by atoms with Crippen LogP contribution in [0.15, 0.2) is 66.0 Å². The van der Waals surface area contributed by atoms with Crippen LogP contribution in [0.4, 0.5) is 0 Å². The van der Waals surface area contributed by atoms with Crippen molar-refractivity contribution in [2.45, 2.75) is 50.0 Å². The number of ether oxygens (including phenoxy) is 1. The molecule has 2 aromatic heterocycles. The molecule has 0 saturated heterocycles. The molecule has 36 heavy (non-hydrogen) atoms. The van der Waals surface area contributed by atoms with Gasteiger partial charge in [-0.3, -0.25) is 9.83 Å². The van der Waals surface area contributed by atoms with Crippen LogP contribution in [0.25, 0.3) is 5.52 Å². The minimum Gasteiger partial charge on any atom is -0.437 e. The number of benzene rings is 2. The highest BCUT2D eigenvalue weighted by molar-refractivity contribution is 6.31. The Balaban J connectivity index is 1.19. The van der Waals surface area contributed by atoms with E-state index in [-0.39, 0.29) is 6.04 Å². The maximum atomic E-state index is 6.64. The number of fused-ring (bicyclic) bond motifs is 1. The van der Waals surface area contributed by atoms with Crippen LogP contribution in [-0.2, 0) is 11.3 Å². The molecule has 182 valence electrons. The summed E-state index contributed by atoms with van der Waals surface area (Å²) in [5, 5.41) is 5.49. The van der Waals surface area contributed by atoms with Crippen LogP contribution in [0.2, 0.25) is 5.02 Å². The average Bonchev–Trinajstić information content (AvgIpc) is 3.82. The average molecular weight is 500 g/mol. The molecule has 7 rings (SSSR count). The van der Waals surface area contributed by atoms with Crippen LogP contribution in [0.1, 0.15) is 59.8 Å². The molecule has 2 aromatic carbocycles. The molecule has 0 unspecified atom stereocenters. The van der Waals surface area contributed by atoms with Gasteiger partial charge < -0.3 is 4.74 Å². The summed E-state index contributed by atoms with van der Waals surface area (Å²) in [5.41, 5.74) is 8.27. The van der Waals surface area contributed by atoms with Gasteiger partial charge in [-0.25, -0.2) is 15.0 Å². The Morgan fingerprint density at radius 3 is 2.67 bits per heavy atom. The fourth-order valence-corrected chi connectivity index (χ4v) is 5.05. The van der Waals surface area contributed by atoms with Gasteiger partial charge in [0.05, 0.1) is 29.9 Å². The van der Waals surface area contributed by atoms with Crippen molar-refractivity contribution in [1.82, 2.24) is 20.1 Å². The van der Waals surface area contributed by atoms with E-state index in [2.05, 4.69) is 45.9 Å². The highest BCUT2D eigenvalue weighted by atomic mass is 35.5. The first kappa shape index (κ1) is 21.8. The highest BCUT2D eigenvalue weighted by Gasteiger charge is 2.26. The molecule has 2 aliphatic carbocycles. The zero-order valence-electron chi connectivity index (χ0n) is 19.7. The Labute approximate surface area is 214 Å². The van der Waals surface area contributed by atoms with Gasteiger partial charge in [0.2, 0.25) is 5.88 Å². The first-order chi connectivity index (χ1) is 17.7. The van der Waals surface area contributed by atoms with Crippen LogP contribution in [0, 0.1) is 0 Å². The number of hydroxylamine groups is 1. The van der Waals surface area contributed by atoms with Crippen molar-refractivity contribution in [2.75, 3.05) is 6.61 Å². The lowest BCUT2D eigenvalue weighted by Gasteiger charge is -2.23. The number of hydrogen-bond acceptors (Lipinski definition) is 6. The lowest BCUT2D eigenvalue weighted by atomic mass is 10.0. The lowest BCUT2D eigenvalue weighted by Crippen LogP contribution is -2.37. The number of rotatable bonds is 7. The fourth-order valence-electron chi connectivity index (χ4n) is 4.79. The lowest BCUT2D eigenvalue weighted by molar-refractivity contribution is 0.0623. The quantitative estimate of drug-likeness (QED) is 0.346. The molecule has 1 atom stereocenters. The van der Waals surface area contributed by atoms with Gasteiger partial charge in [0, 0.05) is 5.02 Å². The third kappa shape index (κ3) is 4.45. The molecule has 0 radical (unpaired) electrons. The van der Waals surface area contributed by atoms with Crippen molar-refractivity contribution in [3.63, 3.8) is 0 Å². The fraction of sp³-hybridized carbons (Fsp3) is 0.321. The van der Waals surface area contributed by atoms with Crippen LogP contribution in [0.5, 0.6) is 11.6 Å². The first-order valence-electron chi connectivity index (χ1n) is 12.5. The molecule has 2 fully saturated rings. The van der Waals surface area contributed by atoms with Gasteiger partial charge in [0.15, 0.2) is 5.84 Å². The van der Waals surface area contributed by atoms with Gasteiger partial charge in [-0.05, 0) is 84.9 Å². The monoisotopic (exact) mass is 499 g/mol. The Hall–Kier alpha value is -3.42. The number of nitrogens with zero attached hydrogens (tertiary/aromatic N) is 4. The number of aromatic nitrogens is 3. The topological polar surface area (TPSA) is 73.0 Å². The number of hydrogen-bond donors (Lipinski definition) is 1. The largest absolute Gasteiger partial charge is 0.437 e. The Bertz CT molecular complexity index is 1470. The van der Waals surface area contributed by atoms with E-state index in [9.17, 15) is 0 Å². The Morgan fingerprint density at radius 2 is 1.86 bits per heavy atom. The normalized spacial score (nSPS) is 19.7. The van der Waals surface area contributed by atoms with Gasteiger partial charge in [0.1, 0.15) is 12.1 Å². The molecule has 4 aromatic rings. The molecule has 7 nitrogen and oxygen atoms in total. The van der Waals surface area contributed by atoms with Crippen LogP contribution < -0.4 is 10.2 Å². The van der Waals surface area contributed by atoms with E-state index in [1.807, 2.05) is 18.2 Å². The van der Waals surface area contributed by atoms with E-state index in [0.717, 1.165) is 27.4 Å². The molecule has 2 saturated carbocycles. The molecule has 3 aliphatic rings. The van der Waals surface area contributed by atoms with E-state index < -0.39 is 0 Å². The van der Waals surface area contributed by atoms with Crippen LogP contribution in [0.3, 0.4) is 0 Å². The summed E-state index contributed by atoms with van der Waals surface area (Å²) in [5.74, 6) is 3.10. The number of amidine groups is 1. The van der Waals surface area contributed by atoms with Crippen molar-refractivity contribution in [3.05, 3.63) is 88.3 Å². The number of nitrogens with one attached hydrogen (secondary N) is 1.